The smallest absolute Gasteiger partial charge is 0.258 e. The van der Waals surface area contributed by atoms with Gasteiger partial charge in [0.05, 0.1) is 12.3 Å². The lowest BCUT2D eigenvalue weighted by atomic mass is 9.79. The van der Waals surface area contributed by atoms with Crippen LogP contribution in [0.25, 0.3) is 0 Å². The predicted octanol–water partition coefficient (Wildman–Crippen LogP) is 1.78. The van der Waals surface area contributed by atoms with E-state index in [-0.39, 0.29) is 23.0 Å². The minimum absolute atomic E-state index is 0.00173. The molecule has 0 aliphatic heterocycles. The zero-order chi connectivity index (χ0) is 15.7. The van der Waals surface area contributed by atoms with E-state index in [0.29, 0.717) is 12.5 Å². The Balaban J connectivity index is 3.62. The van der Waals surface area contributed by atoms with Crippen molar-refractivity contribution in [1.29, 1.82) is 0 Å². The highest BCUT2D eigenvalue weighted by Gasteiger charge is 2.31. The fraction of sp³-hybridized carbons (Fsp3) is 0.733. The molecular weight excluding hydrogens is 254 g/mol. The summed E-state index contributed by atoms with van der Waals surface area (Å²) in [5.74, 6) is 0.502. The Morgan fingerprint density at radius 3 is 2.10 bits per heavy atom. The van der Waals surface area contributed by atoms with Gasteiger partial charge in [0.15, 0.2) is 0 Å². The van der Waals surface area contributed by atoms with Crippen molar-refractivity contribution in [3.05, 3.63) is 21.6 Å². The number of nitrogens with zero attached hydrogens (tertiary/aromatic N) is 2. The number of hydrogen-bond acceptors (Lipinski definition) is 4. The van der Waals surface area contributed by atoms with E-state index < -0.39 is 0 Å². The van der Waals surface area contributed by atoms with Gasteiger partial charge in [-0.25, -0.2) is 4.98 Å². The van der Waals surface area contributed by atoms with Gasteiger partial charge in [-0.15, -0.1) is 0 Å². The molecule has 0 aliphatic carbocycles. The van der Waals surface area contributed by atoms with Gasteiger partial charge >= 0.3 is 0 Å². The summed E-state index contributed by atoms with van der Waals surface area (Å²) >= 11 is 0. The second kappa shape index (κ2) is 5.56. The number of anilines is 1. The molecule has 2 N–H and O–H groups in total. The van der Waals surface area contributed by atoms with Crippen LogP contribution in [0.4, 0.5) is 5.95 Å². The van der Waals surface area contributed by atoms with Crippen molar-refractivity contribution in [3.8, 4) is 0 Å². The molecule has 0 atom stereocenters. The molecule has 1 aromatic rings. The summed E-state index contributed by atoms with van der Waals surface area (Å²) < 4.78 is 1.52. The largest absolute Gasteiger partial charge is 0.395 e. The van der Waals surface area contributed by atoms with Crippen LogP contribution in [-0.2, 0) is 17.9 Å². The first kappa shape index (κ1) is 16.7. The molecule has 1 heterocycles. The Morgan fingerprint density at radius 1 is 1.15 bits per heavy atom. The zero-order valence-electron chi connectivity index (χ0n) is 13.7. The van der Waals surface area contributed by atoms with E-state index in [1.54, 1.807) is 7.05 Å². The van der Waals surface area contributed by atoms with Gasteiger partial charge in [-0.1, -0.05) is 41.5 Å². The van der Waals surface area contributed by atoms with Gasteiger partial charge in [0.2, 0.25) is 5.95 Å². The minimum atomic E-state index is -0.264. The maximum atomic E-state index is 12.7. The third kappa shape index (κ3) is 3.39. The highest BCUT2D eigenvalue weighted by Crippen LogP contribution is 2.30. The molecule has 114 valence electrons. The van der Waals surface area contributed by atoms with Gasteiger partial charge in [-0.2, -0.15) is 0 Å². The second-order valence-corrected chi connectivity index (χ2v) is 7.17. The normalized spacial score (nSPS) is 12.6. The maximum Gasteiger partial charge on any atom is 0.258 e. The van der Waals surface area contributed by atoms with Crippen molar-refractivity contribution in [1.82, 2.24) is 9.55 Å². The van der Waals surface area contributed by atoms with Gasteiger partial charge in [-0.3, -0.25) is 9.36 Å². The SMILES string of the molecule is Cn1c(NCCO)nc(C(C)(C)C)c(C(C)(C)C)c1=O. The average Bonchev–Trinajstić information content (AvgIpc) is 2.27. The molecule has 1 rings (SSSR count). The van der Waals surface area contributed by atoms with Crippen LogP contribution in [0, 0.1) is 0 Å². The van der Waals surface area contributed by atoms with Crippen molar-refractivity contribution < 1.29 is 5.11 Å². The van der Waals surface area contributed by atoms with Crippen LogP contribution in [0.5, 0.6) is 0 Å². The third-order valence-corrected chi connectivity index (χ3v) is 3.15. The van der Waals surface area contributed by atoms with E-state index in [4.69, 9.17) is 5.11 Å². The van der Waals surface area contributed by atoms with Crippen molar-refractivity contribution in [2.24, 2.45) is 7.05 Å². The van der Waals surface area contributed by atoms with E-state index in [1.165, 1.54) is 4.57 Å². The number of aliphatic hydroxyl groups is 1. The van der Waals surface area contributed by atoms with Crippen molar-refractivity contribution in [3.63, 3.8) is 0 Å². The molecule has 0 saturated heterocycles. The highest BCUT2D eigenvalue weighted by molar-refractivity contribution is 5.38. The van der Waals surface area contributed by atoms with Crippen LogP contribution in [-0.4, -0.2) is 27.8 Å². The quantitative estimate of drug-likeness (QED) is 0.886. The zero-order valence-corrected chi connectivity index (χ0v) is 13.7. The average molecular weight is 281 g/mol. The van der Waals surface area contributed by atoms with Gasteiger partial charge < -0.3 is 10.4 Å². The van der Waals surface area contributed by atoms with E-state index >= 15 is 0 Å². The number of hydrogen-bond donors (Lipinski definition) is 2. The molecule has 20 heavy (non-hydrogen) atoms. The molecule has 0 amide bonds. The molecule has 0 bridgehead atoms. The molecule has 0 aromatic carbocycles. The Labute approximate surface area is 121 Å². The summed E-state index contributed by atoms with van der Waals surface area (Å²) in [4.78, 5) is 17.3. The molecule has 1 aromatic heterocycles. The predicted molar refractivity (Wildman–Crippen MR) is 82.5 cm³/mol. The van der Waals surface area contributed by atoms with E-state index in [0.717, 1.165) is 11.3 Å². The van der Waals surface area contributed by atoms with Gasteiger partial charge in [-0.05, 0) is 5.41 Å². The molecular formula is C15H27N3O2. The van der Waals surface area contributed by atoms with Crippen LogP contribution in [0.15, 0.2) is 4.79 Å². The Bertz CT molecular complexity index is 534. The Hall–Kier alpha value is -1.36. The molecule has 0 fully saturated rings. The van der Waals surface area contributed by atoms with E-state index in [2.05, 4.69) is 31.1 Å². The molecule has 0 radical (unpaired) electrons. The standard InChI is InChI=1S/C15H27N3O2/c1-14(2,3)10-11(15(4,5)6)17-13(16-8-9-19)18(7)12(10)20/h19H,8-9H2,1-7H3,(H,16,17). The lowest BCUT2D eigenvalue weighted by Crippen LogP contribution is -2.37. The lowest BCUT2D eigenvalue weighted by molar-refractivity contribution is 0.310. The molecule has 0 spiro atoms. The van der Waals surface area contributed by atoms with Crippen LogP contribution >= 0.6 is 0 Å². The highest BCUT2D eigenvalue weighted by atomic mass is 16.3. The summed E-state index contributed by atoms with van der Waals surface area (Å²) in [5, 5.41) is 11.9. The summed E-state index contributed by atoms with van der Waals surface area (Å²) in [6.45, 7) is 12.6. The summed E-state index contributed by atoms with van der Waals surface area (Å²) in [6.07, 6.45) is 0. The fourth-order valence-electron chi connectivity index (χ4n) is 2.15. The molecule has 0 saturated carbocycles. The molecule has 5 nitrogen and oxygen atoms in total. The molecule has 0 aliphatic rings. The topological polar surface area (TPSA) is 67.2 Å². The van der Waals surface area contributed by atoms with E-state index in [1.807, 2.05) is 20.8 Å². The summed E-state index contributed by atoms with van der Waals surface area (Å²) in [6, 6.07) is 0. The van der Waals surface area contributed by atoms with E-state index in [9.17, 15) is 4.79 Å². The number of aromatic nitrogens is 2. The van der Waals surface area contributed by atoms with Gasteiger partial charge in [0.25, 0.3) is 5.56 Å². The molecule has 0 unspecified atom stereocenters. The van der Waals surface area contributed by atoms with Gasteiger partial charge in [0, 0.05) is 24.6 Å². The van der Waals surface area contributed by atoms with Crippen LogP contribution in [0.3, 0.4) is 0 Å². The monoisotopic (exact) mass is 281 g/mol. The minimum Gasteiger partial charge on any atom is -0.395 e. The number of aliphatic hydroxyl groups excluding tert-OH is 1. The third-order valence-electron chi connectivity index (χ3n) is 3.15. The first-order valence-corrected chi connectivity index (χ1v) is 6.97. The van der Waals surface area contributed by atoms with Crippen molar-refractivity contribution in [2.75, 3.05) is 18.5 Å². The van der Waals surface area contributed by atoms with Crippen molar-refractivity contribution >= 4 is 5.95 Å². The fourth-order valence-corrected chi connectivity index (χ4v) is 2.15. The first-order valence-electron chi connectivity index (χ1n) is 6.97. The van der Waals surface area contributed by atoms with Crippen LogP contribution in [0.2, 0.25) is 0 Å². The molecule has 5 heteroatoms. The van der Waals surface area contributed by atoms with Crippen LogP contribution in [0.1, 0.15) is 52.8 Å². The van der Waals surface area contributed by atoms with Crippen molar-refractivity contribution in [2.45, 2.75) is 52.4 Å². The van der Waals surface area contributed by atoms with Crippen LogP contribution < -0.4 is 10.9 Å². The summed E-state index contributed by atoms with van der Waals surface area (Å²) in [7, 11) is 1.71. The maximum absolute atomic E-state index is 12.7. The summed E-state index contributed by atoms with van der Waals surface area (Å²) in [5.41, 5.74) is 1.06. The number of nitrogens with one attached hydrogen (secondary N) is 1. The number of rotatable bonds is 3. The second-order valence-electron chi connectivity index (χ2n) is 7.17. The Morgan fingerprint density at radius 2 is 1.70 bits per heavy atom. The van der Waals surface area contributed by atoms with Gasteiger partial charge in [0.1, 0.15) is 0 Å². The Kier molecular flexibility index (Phi) is 4.64. The lowest BCUT2D eigenvalue weighted by Gasteiger charge is -2.29. The first-order chi connectivity index (χ1) is 9.00.